The van der Waals surface area contributed by atoms with Crippen molar-refractivity contribution in [1.29, 1.82) is 0 Å². The van der Waals surface area contributed by atoms with Crippen LogP contribution in [0.4, 0.5) is 10.1 Å². The zero-order chi connectivity index (χ0) is 15.4. The molecule has 110 valence electrons. The third-order valence-electron chi connectivity index (χ3n) is 2.65. The van der Waals surface area contributed by atoms with Gasteiger partial charge >= 0.3 is 0 Å². The summed E-state index contributed by atoms with van der Waals surface area (Å²) < 4.78 is 18.9. The molecule has 1 amide bonds. The molecule has 0 radical (unpaired) electrons. The Morgan fingerprint density at radius 2 is 1.81 bits per heavy atom. The quantitative estimate of drug-likeness (QED) is 0.895. The first kappa shape index (κ1) is 15.6. The van der Waals surface area contributed by atoms with Gasteiger partial charge in [-0.15, -0.1) is 0 Å². The molecule has 0 heterocycles. The Morgan fingerprint density at radius 3 is 2.43 bits per heavy atom. The lowest BCUT2D eigenvalue weighted by Crippen LogP contribution is -2.30. The SMILES string of the molecule is CC(Oc1cc(Cl)cc(Cl)c1)C(=O)Nc1ccccc1F. The number of benzene rings is 2. The molecule has 0 aromatic heterocycles. The van der Waals surface area contributed by atoms with E-state index in [9.17, 15) is 9.18 Å². The minimum atomic E-state index is -0.834. The number of carbonyl (C=O) groups excluding carboxylic acids is 1. The molecular weight excluding hydrogens is 316 g/mol. The Hall–Kier alpha value is -1.78. The van der Waals surface area contributed by atoms with Crippen molar-refractivity contribution in [1.82, 2.24) is 0 Å². The third-order valence-corrected chi connectivity index (χ3v) is 3.09. The minimum absolute atomic E-state index is 0.0991. The van der Waals surface area contributed by atoms with Crippen molar-refractivity contribution in [2.75, 3.05) is 5.32 Å². The second-order valence-corrected chi connectivity index (χ2v) is 5.21. The van der Waals surface area contributed by atoms with E-state index < -0.39 is 17.8 Å². The molecule has 2 rings (SSSR count). The number of carbonyl (C=O) groups is 1. The first-order valence-electron chi connectivity index (χ1n) is 6.14. The number of hydrogen-bond donors (Lipinski definition) is 1. The van der Waals surface area contributed by atoms with Crippen LogP contribution in [0.25, 0.3) is 0 Å². The summed E-state index contributed by atoms with van der Waals surface area (Å²) in [7, 11) is 0. The van der Waals surface area contributed by atoms with Crippen LogP contribution in [0, 0.1) is 5.82 Å². The Kier molecular flexibility index (Phi) is 5.04. The molecule has 6 heteroatoms. The number of ether oxygens (including phenoxy) is 1. The Labute approximate surface area is 131 Å². The normalized spacial score (nSPS) is 11.8. The van der Waals surface area contributed by atoms with Crippen LogP contribution in [-0.4, -0.2) is 12.0 Å². The summed E-state index contributed by atoms with van der Waals surface area (Å²) in [5.74, 6) is -0.622. The molecular formula is C15H12Cl2FNO2. The molecule has 1 atom stereocenters. The molecule has 2 aromatic carbocycles. The fraction of sp³-hybridized carbons (Fsp3) is 0.133. The van der Waals surface area contributed by atoms with Gasteiger partial charge in [-0.2, -0.15) is 0 Å². The van der Waals surface area contributed by atoms with Gasteiger partial charge in [-0.3, -0.25) is 4.79 Å². The van der Waals surface area contributed by atoms with E-state index in [0.29, 0.717) is 15.8 Å². The number of para-hydroxylation sites is 1. The maximum absolute atomic E-state index is 13.5. The van der Waals surface area contributed by atoms with E-state index in [0.717, 1.165) is 0 Å². The van der Waals surface area contributed by atoms with Gasteiger partial charge in [-0.25, -0.2) is 4.39 Å². The smallest absolute Gasteiger partial charge is 0.265 e. The lowest BCUT2D eigenvalue weighted by molar-refractivity contribution is -0.122. The summed E-state index contributed by atoms with van der Waals surface area (Å²) in [6, 6.07) is 10.5. The van der Waals surface area contributed by atoms with Gasteiger partial charge in [-0.05, 0) is 37.3 Å². The Balaban J connectivity index is 2.04. The average molecular weight is 328 g/mol. The van der Waals surface area contributed by atoms with Crippen LogP contribution in [0.5, 0.6) is 5.75 Å². The van der Waals surface area contributed by atoms with Gasteiger partial charge < -0.3 is 10.1 Å². The minimum Gasteiger partial charge on any atom is -0.481 e. The summed E-state index contributed by atoms with van der Waals surface area (Å²) in [6.45, 7) is 1.55. The summed E-state index contributed by atoms with van der Waals surface area (Å²) >= 11 is 11.7. The largest absolute Gasteiger partial charge is 0.481 e. The molecule has 3 nitrogen and oxygen atoms in total. The van der Waals surface area contributed by atoms with Crippen molar-refractivity contribution in [3.63, 3.8) is 0 Å². The van der Waals surface area contributed by atoms with E-state index in [1.54, 1.807) is 37.3 Å². The zero-order valence-electron chi connectivity index (χ0n) is 11.1. The van der Waals surface area contributed by atoms with Gasteiger partial charge in [0, 0.05) is 10.0 Å². The fourth-order valence-electron chi connectivity index (χ4n) is 1.65. The summed E-state index contributed by atoms with van der Waals surface area (Å²) in [4.78, 5) is 12.0. The number of rotatable bonds is 4. The highest BCUT2D eigenvalue weighted by Gasteiger charge is 2.16. The molecule has 0 saturated heterocycles. The summed E-state index contributed by atoms with van der Waals surface area (Å²) in [5, 5.41) is 3.26. The van der Waals surface area contributed by atoms with Gasteiger partial charge in [0.05, 0.1) is 5.69 Å². The molecule has 2 aromatic rings. The van der Waals surface area contributed by atoms with E-state index in [4.69, 9.17) is 27.9 Å². The predicted octanol–water partition coefficient (Wildman–Crippen LogP) is 4.54. The standard InChI is InChI=1S/C15H12Cl2FNO2/c1-9(21-12-7-10(16)6-11(17)8-12)15(20)19-14-5-3-2-4-13(14)18/h2-9H,1H3,(H,19,20). The van der Waals surface area contributed by atoms with Crippen LogP contribution in [-0.2, 0) is 4.79 Å². The molecule has 1 N–H and O–H groups in total. The highest BCUT2D eigenvalue weighted by atomic mass is 35.5. The van der Waals surface area contributed by atoms with Crippen LogP contribution in [0.15, 0.2) is 42.5 Å². The Morgan fingerprint density at radius 1 is 1.19 bits per heavy atom. The molecule has 0 saturated carbocycles. The Bertz CT molecular complexity index is 644. The van der Waals surface area contributed by atoms with Crippen molar-refractivity contribution < 1.29 is 13.9 Å². The first-order valence-corrected chi connectivity index (χ1v) is 6.89. The highest BCUT2D eigenvalue weighted by Crippen LogP contribution is 2.25. The van der Waals surface area contributed by atoms with Crippen molar-refractivity contribution >= 4 is 34.8 Å². The van der Waals surface area contributed by atoms with Gasteiger partial charge in [0.15, 0.2) is 6.10 Å². The van der Waals surface area contributed by atoms with Crippen molar-refractivity contribution in [3.05, 3.63) is 58.3 Å². The van der Waals surface area contributed by atoms with E-state index in [1.165, 1.54) is 12.1 Å². The lowest BCUT2D eigenvalue weighted by atomic mass is 10.3. The molecule has 0 aliphatic carbocycles. The molecule has 0 aliphatic heterocycles. The summed E-state index contributed by atoms with van der Waals surface area (Å²) in [5.41, 5.74) is 0.0991. The van der Waals surface area contributed by atoms with E-state index in [2.05, 4.69) is 5.32 Å². The molecule has 0 aliphatic rings. The van der Waals surface area contributed by atoms with E-state index >= 15 is 0 Å². The average Bonchev–Trinajstić information content (AvgIpc) is 2.40. The van der Waals surface area contributed by atoms with Crippen molar-refractivity contribution in [2.45, 2.75) is 13.0 Å². The van der Waals surface area contributed by atoms with Crippen LogP contribution < -0.4 is 10.1 Å². The van der Waals surface area contributed by atoms with Gasteiger partial charge in [-0.1, -0.05) is 35.3 Å². The zero-order valence-corrected chi connectivity index (χ0v) is 12.6. The number of hydrogen-bond acceptors (Lipinski definition) is 2. The van der Waals surface area contributed by atoms with E-state index in [1.807, 2.05) is 0 Å². The van der Waals surface area contributed by atoms with Crippen LogP contribution in [0.1, 0.15) is 6.92 Å². The number of halogens is 3. The molecule has 1 unspecified atom stereocenters. The maximum Gasteiger partial charge on any atom is 0.265 e. The van der Waals surface area contributed by atoms with Crippen molar-refractivity contribution in [2.24, 2.45) is 0 Å². The second kappa shape index (κ2) is 6.78. The van der Waals surface area contributed by atoms with Crippen LogP contribution in [0.3, 0.4) is 0 Å². The van der Waals surface area contributed by atoms with Crippen LogP contribution in [0.2, 0.25) is 10.0 Å². The topological polar surface area (TPSA) is 38.3 Å². The third kappa shape index (κ3) is 4.34. The van der Waals surface area contributed by atoms with Gasteiger partial charge in [0.1, 0.15) is 11.6 Å². The first-order chi connectivity index (χ1) is 9.95. The highest BCUT2D eigenvalue weighted by molar-refractivity contribution is 6.34. The van der Waals surface area contributed by atoms with Gasteiger partial charge in [0.25, 0.3) is 5.91 Å². The summed E-state index contributed by atoms with van der Waals surface area (Å²) in [6.07, 6.45) is -0.834. The number of amides is 1. The fourth-order valence-corrected chi connectivity index (χ4v) is 2.16. The van der Waals surface area contributed by atoms with Gasteiger partial charge in [0.2, 0.25) is 0 Å². The van der Waals surface area contributed by atoms with Crippen LogP contribution >= 0.6 is 23.2 Å². The molecule has 0 fully saturated rings. The number of anilines is 1. The number of nitrogens with one attached hydrogen (secondary N) is 1. The molecule has 0 bridgehead atoms. The molecule has 21 heavy (non-hydrogen) atoms. The molecule has 0 spiro atoms. The lowest BCUT2D eigenvalue weighted by Gasteiger charge is -2.15. The predicted molar refractivity (Wildman–Crippen MR) is 81.6 cm³/mol. The van der Waals surface area contributed by atoms with Crippen molar-refractivity contribution in [3.8, 4) is 5.75 Å². The second-order valence-electron chi connectivity index (χ2n) is 4.33. The monoisotopic (exact) mass is 327 g/mol. The maximum atomic E-state index is 13.5. The van der Waals surface area contributed by atoms with E-state index in [-0.39, 0.29) is 5.69 Å².